The maximum Gasteiger partial charge on any atom is 0.178 e. The van der Waals surface area contributed by atoms with Crippen LogP contribution in [0.25, 0.3) is 0 Å². The fourth-order valence-corrected chi connectivity index (χ4v) is 2.78. The molecule has 0 spiro atoms. The number of hydrogen-bond acceptors (Lipinski definition) is 5. The molecule has 0 aliphatic heterocycles. The topological polar surface area (TPSA) is 70.4 Å². The van der Waals surface area contributed by atoms with E-state index in [1.807, 2.05) is 31.1 Å². The van der Waals surface area contributed by atoms with Gasteiger partial charge in [-0.3, -0.25) is 9.69 Å². The van der Waals surface area contributed by atoms with Gasteiger partial charge in [0, 0.05) is 5.92 Å². The van der Waals surface area contributed by atoms with Crippen molar-refractivity contribution in [3.05, 3.63) is 59.7 Å². The average molecular weight is 352 g/mol. The third-order valence-corrected chi connectivity index (χ3v) is 4.52. The first kappa shape index (κ1) is 19.8. The summed E-state index contributed by atoms with van der Waals surface area (Å²) in [5.74, 6) is -0.273. The largest absolute Gasteiger partial charge is 0.352 e. The molecule has 0 saturated heterocycles. The number of benzene rings is 1. The summed E-state index contributed by atoms with van der Waals surface area (Å²) in [5.41, 5.74) is 1.01. The lowest BCUT2D eigenvalue weighted by Crippen LogP contribution is -2.45. The Labute approximate surface area is 154 Å². The summed E-state index contributed by atoms with van der Waals surface area (Å²) in [4.78, 5) is 24.6. The van der Waals surface area contributed by atoms with E-state index in [4.69, 9.17) is 10.00 Å². The summed E-state index contributed by atoms with van der Waals surface area (Å²) in [6.07, 6.45) is 9.77. The minimum atomic E-state index is -0.789. The molecule has 1 aliphatic rings. The molecule has 136 valence electrons. The van der Waals surface area contributed by atoms with Crippen LogP contribution >= 0.6 is 0 Å². The van der Waals surface area contributed by atoms with Crippen molar-refractivity contribution in [3.8, 4) is 6.07 Å². The molecule has 5 nitrogen and oxygen atoms in total. The Bertz CT molecular complexity index is 711. The Hall–Kier alpha value is -2.55. The van der Waals surface area contributed by atoms with Crippen LogP contribution in [0.5, 0.6) is 0 Å². The molecule has 0 bridgehead atoms. The van der Waals surface area contributed by atoms with Gasteiger partial charge in [-0.25, -0.2) is 0 Å². The lowest BCUT2D eigenvalue weighted by Gasteiger charge is -2.36. The second-order valence-electron chi connectivity index (χ2n) is 6.62. The monoisotopic (exact) mass is 352 g/mol. The Morgan fingerprint density at radius 2 is 1.88 bits per heavy atom. The minimum Gasteiger partial charge on any atom is -0.352 e. The van der Waals surface area contributed by atoms with E-state index in [-0.39, 0.29) is 18.3 Å². The van der Waals surface area contributed by atoms with Crippen molar-refractivity contribution in [1.82, 2.24) is 4.90 Å². The van der Waals surface area contributed by atoms with Gasteiger partial charge in [0.1, 0.15) is 6.29 Å². The van der Waals surface area contributed by atoms with E-state index in [0.29, 0.717) is 5.56 Å². The van der Waals surface area contributed by atoms with Crippen LogP contribution in [0.2, 0.25) is 0 Å². The van der Waals surface area contributed by atoms with Crippen LogP contribution in [0.15, 0.2) is 48.6 Å². The van der Waals surface area contributed by atoms with Gasteiger partial charge < -0.3 is 9.53 Å². The van der Waals surface area contributed by atoms with Crippen LogP contribution < -0.4 is 0 Å². The van der Waals surface area contributed by atoms with Crippen LogP contribution in [0.4, 0.5) is 0 Å². The van der Waals surface area contributed by atoms with E-state index in [9.17, 15) is 9.59 Å². The standard InChI is InChI=1S/C21H24N2O3/c1-23(2)21(12-10-20(25)11-13-21)26-16-19(15-24)5-3-4-17-6-8-18(14-22)9-7-17/h6-13,15,19H,3-5,16H2,1-2H3. The Morgan fingerprint density at radius 3 is 2.42 bits per heavy atom. The first-order chi connectivity index (χ1) is 12.5. The first-order valence-corrected chi connectivity index (χ1v) is 8.67. The predicted molar refractivity (Wildman–Crippen MR) is 99.3 cm³/mol. The quantitative estimate of drug-likeness (QED) is 0.505. The molecular weight excluding hydrogens is 328 g/mol. The number of rotatable bonds is 9. The van der Waals surface area contributed by atoms with Crippen molar-refractivity contribution >= 4 is 12.1 Å². The zero-order valence-electron chi connectivity index (χ0n) is 15.2. The smallest absolute Gasteiger partial charge is 0.178 e. The van der Waals surface area contributed by atoms with Gasteiger partial charge in [-0.1, -0.05) is 12.1 Å². The zero-order valence-corrected chi connectivity index (χ0v) is 15.2. The molecule has 1 atom stereocenters. The van der Waals surface area contributed by atoms with Crippen molar-refractivity contribution in [1.29, 1.82) is 5.26 Å². The van der Waals surface area contributed by atoms with Gasteiger partial charge in [0.05, 0.1) is 18.2 Å². The molecule has 0 amide bonds. The second kappa shape index (κ2) is 9.23. The molecule has 1 aromatic rings. The van der Waals surface area contributed by atoms with Crippen LogP contribution in [-0.2, 0) is 20.7 Å². The first-order valence-electron chi connectivity index (χ1n) is 8.67. The number of ketones is 1. The van der Waals surface area contributed by atoms with Crippen LogP contribution in [-0.4, -0.2) is 43.4 Å². The molecule has 2 rings (SSSR count). The Kier molecular flexibility index (Phi) is 7.02. The number of carbonyl (C=O) groups is 2. The fraction of sp³-hybridized carbons (Fsp3) is 0.381. The molecule has 1 unspecified atom stereocenters. The normalized spacial score (nSPS) is 16.5. The summed E-state index contributed by atoms with van der Waals surface area (Å²) >= 11 is 0. The molecule has 0 heterocycles. The highest BCUT2D eigenvalue weighted by Crippen LogP contribution is 2.23. The number of likely N-dealkylation sites (N-methyl/N-ethyl adjacent to an activating group) is 1. The maximum absolute atomic E-state index is 11.4. The van der Waals surface area contributed by atoms with Gasteiger partial charge in [0.2, 0.25) is 0 Å². The number of carbonyl (C=O) groups excluding carboxylic acids is 2. The highest BCUT2D eigenvalue weighted by Gasteiger charge is 2.31. The van der Waals surface area contributed by atoms with Crippen LogP contribution in [0, 0.1) is 17.2 Å². The summed E-state index contributed by atoms with van der Waals surface area (Å²) in [5, 5.41) is 8.82. The van der Waals surface area contributed by atoms with Crippen molar-refractivity contribution < 1.29 is 14.3 Å². The van der Waals surface area contributed by atoms with Crippen molar-refractivity contribution in [2.75, 3.05) is 20.7 Å². The number of nitrogens with zero attached hydrogens (tertiary/aromatic N) is 2. The van der Waals surface area contributed by atoms with E-state index in [2.05, 4.69) is 6.07 Å². The number of allylic oxidation sites excluding steroid dienone is 2. The van der Waals surface area contributed by atoms with E-state index in [1.54, 1.807) is 24.3 Å². The number of aldehydes is 1. The average Bonchev–Trinajstić information content (AvgIpc) is 2.66. The molecule has 0 N–H and O–H groups in total. The number of nitriles is 1. The van der Waals surface area contributed by atoms with Gasteiger partial charge in [0.15, 0.2) is 11.5 Å². The molecule has 26 heavy (non-hydrogen) atoms. The highest BCUT2D eigenvalue weighted by molar-refractivity contribution is 6.00. The van der Waals surface area contributed by atoms with E-state index < -0.39 is 5.72 Å². The second-order valence-corrected chi connectivity index (χ2v) is 6.62. The van der Waals surface area contributed by atoms with E-state index >= 15 is 0 Å². The number of ether oxygens (including phenoxy) is 1. The molecule has 0 saturated carbocycles. The third-order valence-electron chi connectivity index (χ3n) is 4.52. The lowest BCUT2D eigenvalue weighted by molar-refractivity contribution is -0.120. The van der Waals surface area contributed by atoms with Gasteiger partial charge >= 0.3 is 0 Å². The molecule has 5 heteroatoms. The third kappa shape index (κ3) is 5.22. The van der Waals surface area contributed by atoms with Gasteiger partial charge in [-0.05, 0) is 75.4 Å². The van der Waals surface area contributed by atoms with Gasteiger partial charge in [-0.2, -0.15) is 5.26 Å². The SMILES string of the molecule is CN(C)C1(OCC(C=O)CCCc2ccc(C#N)cc2)C=CC(=O)C=C1. The molecule has 0 fully saturated rings. The fourth-order valence-electron chi connectivity index (χ4n) is 2.78. The van der Waals surface area contributed by atoms with E-state index in [1.165, 1.54) is 12.2 Å². The number of hydrogen-bond donors (Lipinski definition) is 0. The van der Waals surface area contributed by atoms with Crippen molar-refractivity contribution in [2.24, 2.45) is 5.92 Å². The molecule has 1 aromatic carbocycles. The lowest BCUT2D eigenvalue weighted by atomic mass is 10.00. The van der Waals surface area contributed by atoms with Crippen molar-refractivity contribution in [3.63, 3.8) is 0 Å². The minimum absolute atomic E-state index is 0.0690. The Balaban J connectivity index is 1.85. The summed E-state index contributed by atoms with van der Waals surface area (Å²) < 4.78 is 6.00. The zero-order chi connectivity index (χ0) is 19.0. The molecule has 1 aliphatic carbocycles. The maximum atomic E-state index is 11.4. The number of aryl methyl sites for hydroxylation is 1. The van der Waals surface area contributed by atoms with E-state index in [0.717, 1.165) is 31.1 Å². The molecule has 0 radical (unpaired) electrons. The summed E-state index contributed by atoms with van der Waals surface area (Å²) in [7, 11) is 3.73. The Morgan fingerprint density at radius 1 is 1.23 bits per heavy atom. The van der Waals surface area contributed by atoms with Gasteiger partial charge in [-0.15, -0.1) is 0 Å². The highest BCUT2D eigenvalue weighted by atomic mass is 16.5. The summed E-state index contributed by atoms with van der Waals surface area (Å²) in [6, 6.07) is 9.60. The molecule has 0 aromatic heterocycles. The predicted octanol–water partition coefficient (Wildman–Crippen LogP) is 2.67. The van der Waals surface area contributed by atoms with Crippen molar-refractivity contribution in [2.45, 2.75) is 25.0 Å². The summed E-state index contributed by atoms with van der Waals surface area (Å²) in [6.45, 7) is 0.290. The molecular formula is C21H24N2O3. The van der Waals surface area contributed by atoms with Crippen LogP contribution in [0.3, 0.4) is 0 Å². The van der Waals surface area contributed by atoms with Gasteiger partial charge in [0.25, 0.3) is 0 Å². The van der Waals surface area contributed by atoms with Crippen LogP contribution in [0.1, 0.15) is 24.0 Å².